The number of rotatable bonds is 7. The first-order valence-corrected chi connectivity index (χ1v) is 7.86. The number of aryl methyl sites for hydroxylation is 1. The lowest BCUT2D eigenvalue weighted by Gasteiger charge is -2.32. The Hall–Kier alpha value is -1.10. The molecule has 0 spiro atoms. The molecule has 1 aromatic rings. The summed E-state index contributed by atoms with van der Waals surface area (Å²) in [6.07, 6.45) is 3.05. The van der Waals surface area contributed by atoms with Gasteiger partial charge in [0.2, 0.25) is 0 Å². The summed E-state index contributed by atoms with van der Waals surface area (Å²) < 4.78 is 11.0. The zero-order valence-corrected chi connectivity index (χ0v) is 13.1. The van der Waals surface area contributed by atoms with Crippen LogP contribution in [0.15, 0.2) is 24.3 Å². The van der Waals surface area contributed by atoms with E-state index in [2.05, 4.69) is 24.0 Å². The van der Waals surface area contributed by atoms with Gasteiger partial charge in [-0.1, -0.05) is 19.1 Å². The quantitative estimate of drug-likeness (QED) is 0.836. The van der Waals surface area contributed by atoms with Crippen LogP contribution in [0.3, 0.4) is 0 Å². The number of piperidine rings is 1. The zero-order valence-electron chi connectivity index (χ0n) is 13.1. The Balaban J connectivity index is 1.68. The van der Waals surface area contributed by atoms with Gasteiger partial charge < -0.3 is 19.5 Å². The van der Waals surface area contributed by atoms with Crippen LogP contribution in [0.2, 0.25) is 0 Å². The third kappa shape index (κ3) is 5.30. The van der Waals surface area contributed by atoms with Crippen LogP contribution in [0.1, 0.15) is 25.3 Å². The highest BCUT2D eigenvalue weighted by Gasteiger charge is 2.20. The largest absolute Gasteiger partial charge is 0.491 e. The van der Waals surface area contributed by atoms with E-state index in [9.17, 15) is 5.11 Å². The van der Waals surface area contributed by atoms with Crippen molar-refractivity contribution in [2.45, 2.75) is 38.4 Å². The van der Waals surface area contributed by atoms with Crippen molar-refractivity contribution in [3.63, 3.8) is 0 Å². The van der Waals surface area contributed by atoms with Crippen molar-refractivity contribution in [2.24, 2.45) is 0 Å². The lowest BCUT2D eigenvalue weighted by molar-refractivity contribution is 0.0153. The molecule has 0 amide bonds. The number of aliphatic hydroxyl groups is 1. The summed E-state index contributed by atoms with van der Waals surface area (Å²) in [5.74, 6) is 0.823. The molecular formula is C17H27NO3. The van der Waals surface area contributed by atoms with Crippen molar-refractivity contribution in [3.8, 4) is 5.75 Å². The molecule has 0 bridgehead atoms. The Bertz CT molecular complexity index is 399. The summed E-state index contributed by atoms with van der Waals surface area (Å²) in [7, 11) is 1.77. The van der Waals surface area contributed by atoms with Gasteiger partial charge in [-0.15, -0.1) is 0 Å². The summed E-state index contributed by atoms with van der Waals surface area (Å²) >= 11 is 0. The number of methoxy groups -OCH3 is 1. The second kappa shape index (κ2) is 8.37. The SMILES string of the molecule is CCc1ccc(OCC(O)CN2CCC(OC)CC2)cc1. The van der Waals surface area contributed by atoms with Crippen molar-refractivity contribution in [1.29, 1.82) is 0 Å². The minimum atomic E-state index is -0.449. The van der Waals surface area contributed by atoms with Crippen LogP contribution in [0.4, 0.5) is 0 Å². The average Bonchev–Trinajstić information content (AvgIpc) is 2.54. The maximum atomic E-state index is 10.1. The van der Waals surface area contributed by atoms with Crippen LogP contribution in [-0.2, 0) is 11.2 Å². The normalized spacial score (nSPS) is 18.6. The van der Waals surface area contributed by atoms with E-state index < -0.39 is 6.10 Å². The fraction of sp³-hybridized carbons (Fsp3) is 0.647. The molecule has 1 fully saturated rings. The topological polar surface area (TPSA) is 41.9 Å². The van der Waals surface area contributed by atoms with E-state index >= 15 is 0 Å². The van der Waals surface area contributed by atoms with Crippen molar-refractivity contribution in [2.75, 3.05) is 33.4 Å². The Morgan fingerprint density at radius 3 is 2.48 bits per heavy atom. The van der Waals surface area contributed by atoms with Crippen LogP contribution in [-0.4, -0.2) is 55.6 Å². The lowest BCUT2D eigenvalue weighted by Crippen LogP contribution is -2.42. The smallest absolute Gasteiger partial charge is 0.119 e. The molecule has 1 aliphatic heterocycles. The number of likely N-dealkylation sites (tertiary alicyclic amines) is 1. The molecule has 0 aromatic heterocycles. The minimum Gasteiger partial charge on any atom is -0.491 e. The summed E-state index contributed by atoms with van der Waals surface area (Å²) in [6, 6.07) is 8.07. The van der Waals surface area contributed by atoms with E-state index in [0.29, 0.717) is 19.3 Å². The van der Waals surface area contributed by atoms with E-state index in [1.165, 1.54) is 5.56 Å². The van der Waals surface area contributed by atoms with Gasteiger partial charge >= 0.3 is 0 Å². The Kier molecular flexibility index (Phi) is 6.49. The second-order valence-electron chi connectivity index (χ2n) is 5.70. The first kappa shape index (κ1) is 16.3. The first-order valence-electron chi connectivity index (χ1n) is 7.86. The van der Waals surface area contributed by atoms with Gasteiger partial charge in [0.05, 0.1) is 6.10 Å². The van der Waals surface area contributed by atoms with Gasteiger partial charge in [0, 0.05) is 26.7 Å². The Labute approximate surface area is 127 Å². The number of hydrogen-bond acceptors (Lipinski definition) is 4. The molecule has 4 nitrogen and oxygen atoms in total. The monoisotopic (exact) mass is 293 g/mol. The number of β-amino-alcohol motifs (C(OH)–C–C–N with tert-alkyl or cyclic N) is 1. The zero-order chi connectivity index (χ0) is 15.1. The summed E-state index contributed by atoms with van der Waals surface area (Å²) in [6.45, 7) is 5.12. The number of nitrogens with zero attached hydrogens (tertiary/aromatic N) is 1. The second-order valence-corrected chi connectivity index (χ2v) is 5.70. The van der Waals surface area contributed by atoms with E-state index in [1.54, 1.807) is 7.11 Å². The van der Waals surface area contributed by atoms with Crippen LogP contribution >= 0.6 is 0 Å². The Morgan fingerprint density at radius 2 is 1.90 bits per heavy atom. The highest BCUT2D eigenvalue weighted by atomic mass is 16.5. The standard InChI is InChI=1S/C17H27NO3/c1-3-14-4-6-17(7-5-14)21-13-15(19)12-18-10-8-16(20-2)9-11-18/h4-7,15-16,19H,3,8-13H2,1-2H3. The molecule has 4 heteroatoms. The molecule has 0 aliphatic carbocycles. The maximum Gasteiger partial charge on any atom is 0.119 e. The summed E-state index contributed by atoms with van der Waals surface area (Å²) in [5.41, 5.74) is 1.30. The molecule has 21 heavy (non-hydrogen) atoms. The molecule has 1 atom stereocenters. The predicted molar refractivity (Wildman–Crippen MR) is 83.8 cm³/mol. The molecule has 2 rings (SSSR count). The molecule has 0 saturated carbocycles. The minimum absolute atomic E-state index is 0.343. The molecule has 1 aromatic carbocycles. The van der Waals surface area contributed by atoms with Crippen LogP contribution in [0.25, 0.3) is 0 Å². The highest BCUT2D eigenvalue weighted by molar-refractivity contribution is 5.27. The van der Waals surface area contributed by atoms with Gasteiger partial charge in [0.25, 0.3) is 0 Å². The van der Waals surface area contributed by atoms with Crippen molar-refractivity contribution in [1.82, 2.24) is 4.90 Å². The van der Waals surface area contributed by atoms with Crippen LogP contribution < -0.4 is 4.74 Å². The summed E-state index contributed by atoms with van der Waals surface area (Å²) in [4.78, 5) is 2.28. The number of ether oxygens (including phenoxy) is 2. The average molecular weight is 293 g/mol. The molecule has 1 aliphatic rings. The van der Waals surface area contributed by atoms with Crippen molar-refractivity contribution >= 4 is 0 Å². The highest BCUT2D eigenvalue weighted by Crippen LogP contribution is 2.15. The third-order valence-electron chi connectivity index (χ3n) is 4.11. The predicted octanol–water partition coefficient (Wildman–Crippen LogP) is 2.10. The first-order chi connectivity index (χ1) is 10.2. The van der Waals surface area contributed by atoms with Gasteiger partial charge in [0.1, 0.15) is 18.5 Å². The van der Waals surface area contributed by atoms with Crippen LogP contribution in [0.5, 0.6) is 5.75 Å². The van der Waals surface area contributed by atoms with Crippen LogP contribution in [0, 0.1) is 0 Å². The van der Waals surface area contributed by atoms with Crippen molar-refractivity contribution < 1.29 is 14.6 Å². The van der Waals surface area contributed by atoms with Gasteiger partial charge in [-0.05, 0) is 37.0 Å². The molecular weight excluding hydrogens is 266 g/mol. The fourth-order valence-corrected chi connectivity index (χ4v) is 2.69. The van der Waals surface area contributed by atoms with Gasteiger partial charge in [-0.25, -0.2) is 0 Å². The van der Waals surface area contributed by atoms with Gasteiger partial charge in [-0.3, -0.25) is 0 Å². The van der Waals surface area contributed by atoms with Gasteiger partial charge in [-0.2, -0.15) is 0 Å². The molecule has 1 unspecified atom stereocenters. The molecule has 118 valence electrons. The third-order valence-corrected chi connectivity index (χ3v) is 4.11. The molecule has 1 N–H and O–H groups in total. The van der Waals surface area contributed by atoms with E-state index in [1.807, 2.05) is 12.1 Å². The molecule has 1 heterocycles. The van der Waals surface area contributed by atoms with E-state index in [4.69, 9.17) is 9.47 Å². The molecule has 1 saturated heterocycles. The van der Waals surface area contributed by atoms with E-state index in [0.717, 1.165) is 38.1 Å². The van der Waals surface area contributed by atoms with Crippen molar-refractivity contribution in [3.05, 3.63) is 29.8 Å². The summed E-state index contributed by atoms with van der Waals surface area (Å²) in [5, 5.41) is 10.1. The van der Waals surface area contributed by atoms with E-state index in [-0.39, 0.29) is 0 Å². The maximum absolute atomic E-state index is 10.1. The molecule has 0 radical (unpaired) electrons. The lowest BCUT2D eigenvalue weighted by atomic mass is 10.1. The van der Waals surface area contributed by atoms with Gasteiger partial charge in [0.15, 0.2) is 0 Å². The number of hydrogen-bond donors (Lipinski definition) is 1. The Morgan fingerprint density at radius 1 is 1.24 bits per heavy atom. The fourth-order valence-electron chi connectivity index (χ4n) is 2.69. The number of aliphatic hydroxyl groups excluding tert-OH is 1. The number of benzene rings is 1.